The first-order valence-corrected chi connectivity index (χ1v) is 12.0. The van der Waals surface area contributed by atoms with Gasteiger partial charge >= 0.3 is 11.9 Å². The third kappa shape index (κ3) is 4.62. The van der Waals surface area contributed by atoms with E-state index in [1.807, 2.05) is 36.4 Å². The highest BCUT2D eigenvalue weighted by molar-refractivity contribution is 9.10. The van der Waals surface area contributed by atoms with E-state index in [4.69, 9.17) is 9.47 Å². The standard InChI is InChI=1S/C27H17Br2NO4/c28-19-7-3-5-16(11-19)26(31)33-24-13-18-15-30-23-10-2-1-9-21(23)22(18)14-25(24)34-27(32)17-6-4-8-20(29)12-17/h1-14,30H,15H2. The molecule has 0 aliphatic carbocycles. The first kappa shape index (κ1) is 22.4. The zero-order chi connectivity index (χ0) is 23.7. The molecule has 4 aromatic rings. The lowest BCUT2D eigenvalue weighted by Crippen LogP contribution is -2.15. The summed E-state index contributed by atoms with van der Waals surface area (Å²) in [6.07, 6.45) is 0. The van der Waals surface area contributed by atoms with Gasteiger partial charge in [0.25, 0.3) is 0 Å². The average Bonchev–Trinajstić information content (AvgIpc) is 2.84. The minimum absolute atomic E-state index is 0.170. The van der Waals surface area contributed by atoms with E-state index in [-0.39, 0.29) is 11.5 Å². The fourth-order valence-electron chi connectivity index (χ4n) is 3.77. The maximum absolute atomic E-state index is 12.9. The van der Waals surface area contributed by atoms with Crippen molar-refractivity contribution in [2.45, 2.75) is 6.54 Å². The Morgan fingerprint density at radius 1 is 0.676 bits per heavy atom. The molecule has 0 saturated carbocycles. The summed E-state index contributed by atoms with van der Waals surface area (Å²) < 4.78 is 13.0. The Kier molecular flexibility index (Phi) is 6.22. The van der Waals surface area contributed by atoms with E-state index < -0.39 is 11.9 Å². The lowest BCUT2D eigenvalue weighted by molar-refractivity contribution is 0.0682. The molecular weight excluding hydrogens is 562 g/mol. The van der Waals surface area contributed by atoms with Crippen LogP contribution in [0.2, 0.25) is 0 Å². The lowest BCUT2D eigenvalue weighted by Gasteiger charge is -2.23. The van der Waals surface area contributed by atoms with Crippen LogP contribution < -0.4 is 14.8 Å². The highest BCUT2D eigenvalue weighted by Gasteiger charge is 2.23. The summed E-state index contributed by atoms with van der Waals surface area (Å²) in [5, 5.41) is 3.37. The second kappa shape index (κ2) is 9.44. The molecule has 168 valence electrons. The molecule has 0 saturated heterocycles. The van der Waals surface area contributed by atoms with Crippen LogP contribution in [0.15, 0.2) is 93.9 Å². The van der Waals surface area contributed by atoms with Crippen molar-refractivity contribution in [3.63, 3.8) is 0 Å². The smallest absolute Gasteiger partial charge is 0.343 e. The molecule has 5 rings (SSSR count). The minimum atomic E-state index is -0.553. The third-order valence-electron chi connectivity index (χ3n) is 5.38. The van der Waals surface area contributed by atoms with E-state index in [1.54, 1.807) is 48.5 Å². The monoisotopic (exact) mass is 577 g/mol. The van der Waals surface area contributed by atoms with Crippen LogP contribution >= 0.6 is 31.9 Å². The predicted molar refractivity (Wildman–Crippen MR) is 137 cm³/mol. The largest absolute Gasteiger partial charge is 0.419 e. The molecule has 0 spiro atoms. The van der Waals surface area contributed by atoms with Gasteiger partial charge in [0.05, 0.1) is 11.1 Å². The molecule has 0 aromatic heterocycles. The van der Waals surface area contributed by atoms with Gasteiger partial charge in [0.15, 0.2) is 11.5 Å². The Hall–Kier alpha value is -3.42. The summed E-state index contributed by atoms with van der Waals surface area (Å²) in [6.45, 7) is 0.549. The van der Waals surface area contributed by atoms with Crippen molar-refractivity contribution in [3.8, 4) is 22.6 Å². The van der Waals surface area contributed by atoms with Crippen molar-refractivity contribution >= 4 is 49.5 Å². The molecule has 7 heteroatoms. The van der Waals surface area contributed by atoms with Crippen LogP contribution in [0.3, 0.4) is 0 Å². The van der Waals surface area contributed by atoms with Crippen LogP contribution in [-0.2, 0) is 6.54 Å². The molecule has 0 fully saturated rings. The summed E-state index contributed by atoms with van der Waals surface area (Å²) in [4.78, 5) is 25.8. The number of rotatable bonds is 4. The Balaban J connectivity index is 1.55. The zero-order valence-corrected chi connectivity index (χ0v) is 20.9. The van der Waals surface area contributed by atoms with Gasteiger partial charge in [0.1, 0.15) is 0 Å². The van der Waals surface area contributed by atoms with Crippen molar-refractivity contribution in [1.29, 1.82) is 0 Å². The van der Waals surface area contributed by atoms with Gasteiger partial charge in [-0.25, -0.2) is 9.59 Å². The normalized spacial score (nSPS) is 11.6. The van der Waals surface area contributed by atoms with Gasteiger partial charge in [-0.05, 0) is 65.7 Å². The van der Waals surface area contributed by atoms with E-state index in [9.17, 15) is 9.59 Å². The van der Waals surface area contributed by atoms with Gasteiger partial charge in [0, 0.05) is 26.7 Å². The fourth-order valence-corrected chi connectivity index (χ4v) is 4.57. The minimum Gasteiger partial charge on any atom is -0.419 e. The van der Waals surface area contributed by atoms with E-state index >= 15 is 0 Å². The molecule has 0 atom stereocenters. The maximum atomic E-state index is 12.9. The molecule has 1 aliphatic rings. The second-order valence-electron chi connectivity index (χ2n) is 7.65. The number of esters is 2. The van der Waals surface area contributed by atoms with E-state index in [0.29, 0.717) is 17.7 Å². The van der Waals surface area contributed by atoms with Crippen LogP contribution in [0.5, 0.6) is 11.5 Å². The van der Waals surface area contributed by atoms with Crippen LogP contribution in [0.4, 0.5) is 5.69 Å². The van der Waals surface area contributed by atoms with Crippen LogP contribution in [0.25, 0.3) is 11.1 Å². The van der Waals surface area contributed by atoms with Gasteiger partial charge < -0.3 is 14.8 Å². The molecular formula is C27H17Br2NO4. The summed E-state index contributed by atoms with van der Waals surface area (Å²) in [5.74, 6) is -0.759. The molecule has 5 nitrogen and oxygen atoms in total. The van der Waals surface area contributed by atoms with Gasteiger partial charge in [-0.1, -0.05) is 62.2 Å². The Morgan fingerprint density at radius 3 is 1.88 bits per heavy atom. The predicted octanol–water partition coefficient (Wildman–Crippen LogP) is 7.24. The number of carbonyl (C=O) groups is 2. The average molecular weight is 579 g/mol. The van der Waals surface area contributed by atoms with Gasteiger partial charge in [-0.3, -0.25) is 0 Å². The number of hydrogen-bond donors (Lipinski definition) is 1. The van der Waals surface area contributed by atoms with E-state index in [2.05, 4.69) is 37.2 Å². The molecule has 34 heavy (non-hydrogen) atoms. The molecule has 0 radical (unpaired) electrons. The van der Waals surface area contributed by atoms with Gasteiger partial charge in [0.2, 0.25) is 0 Å². The zero-order valence-electron chi connectivity index (χ0n) is 17.7. The van der Waals surface area contributed by atoms with E-state index in [1.165, 1.54) is 0 Å². The van der Waals surface area contributed by atoms with Crippen molar-refractivity contribution in [2.75, 3.05) is 5.32 Å². The second-order valence-corrected chi connectivity index (χ2v) is 9.49. The number of ether oxygens (including phenoxy) is 2. The lowest BCUT2D eigenvalue weighted by atomic mass is 9.94. The molecule has 4 aromatic carbocycles. The number of carbonyl (C=O) groups excluding carboxylic acids is 2. The third-order valence-corrected chi connectivity index (χ3v) is 6.37. The first-order valence-electron chi connectivity index (χ1n) is 10.4. The summed E-state index contributed by atoms with van der Waals surface area (Å²) in [5.41, 5.74) is 4.55. The summed E-state index contributed by atoms with van der Waals surface area (Å²) >= 11 is 6.74. The van der Waals surface area contributed by atoms with Crippen molar-refractivity contribution < 1.29 is 19.1 Å². The molecule has 1 heterocycles. The number of halogens is 2. The summed E-state index contributed by atoms with van der Waals surface area (Å²) in [7, 11) is 0. The number of para-hydroxylation sites is 1. The first-order chi connectivity index (χ1) is 16.5. The maximum Gasteiger partial charge on any atom is 0.343 e. The van der Waals surface area contributed by atoms with Crippen molar-refractivity contribution in [2.24, 2.45) is 0 Å². The highest BCUT2D eigenvalue weighted by atomic mass is 79.9. The number of benzene rings is 4. The van der Waals surface area contributed by atoms with Crippen LogP contribution in [0, 0.1) is 0 Å². The van der Waals surface area contributed by atoms with Crippen molar-refractivity contribution in [3.05, 3.63) is 111 Å². The summed E-state index contributed by atoms with van der Waals surface area (Å²) in [6, 6.07) is 25.2. The highest BCUT2D eigenvalue weighted by Crippen LogP contribution is 2.42. The molecule has 0 unspecified atom stereocenters. The quantitative estimate of drug-likeness (QED) is 0.204. The van der Waals surface area contributed by atoms with Gasteiger partial charge in [-0.2, -0.15) is 0 Å². The SMILES string of the molecule is O=C(Oc1cc2c(cc1OC(=O)c1cccc(Br)c1)-c1ccccc1NC2)c1cccc(Br)c1. The topological polar surface area (TPSA) is 64.6 Å². The molecule has 1 N–H and O–H groups in total. The van der Waals surface area contributed by atoms with E-state index in [0.717, 1.165) is 31.3 Å². The number of anilines is 1. The molecule has 1 aliphatic heterocycles. The molecule has 0 bridgehead atoms. The molecule has 0 amide bonds. The fraction of sp³-hybridized carbons (Fsp3) is 0.0370. The van der Waals surface area contributed by atoms with Gasteiger partial charge in [-0.15, -0.1) is 0 Å². The number of hydrogen-bond acceptors (Lipinski definition) is 5. The number of fused-ring (bicyclic) bond motifs is 3. The van der Waals surface area contributed by atoms with Crippen LogP contribution in [0.1, 0.15) is 26.3 Å². The van der Waals surface area contributed by atoms with Crippen molar-refractivity contribution in [1.82, 2.24) is 0 Å². The Morgan fingerprint density at radius 2 is 1.26 bits per heavy atom. The Labute approximate surface area is 213 Å². The van der Waals surface area contributed by atoms with Crippen LogP contribution in [-0.4, -0.2) is 11.9 Å². The number of nitrogens with one attached hydrogen (secondary N) is 1. The Bertz CT molecular complexity index is 1430.